The molecule has 3 rings (SSSR count). The van der Waals surface area contributed by atoms with Gasteiger partial charge < -0.3 is 20.5 Å². The van der Waals surface area contributed by atoms with Gasteiger partial charge in [-0.1, -0.05) is 18.2 Å². The van der Waals surface area contributed by atoms with Crippen molar-refractivity contribution in [1.82, 2.24) is 9.97 Å². The van der Waals surface area contributed by atoms with E-state index >= 15 is 0 Å². The Hall–Kier alpha value is -4.33. The molecule has 0 atom stereocenters. The molecule has 158 valence electrons. The smallest absolute Gasteiger partial charge is 0.480 e. The summed E-state index contributed by atoms with van der Waals surface area (Å²) in [5, 5.41) is 23.4. The zero-order valence-electron chi connectivity index (χ0n) is 15.6. The van der Waals surface area contributed by atoms with Crippen molar-refractivity contribution in [2.45, 2.75) is 6.36 Å². The number of nitriles is 1. The van der Waals surface area contributed by atoms with Crippen LogP contribution in [0.25, 0.3) is 11.3 Å². The van der Waals surface area contributed by atoms with Crippen LogP contribution in [-0.4, -0.2) is 34.0 Å². The molecule has 1 heterocycles. The van der Waals surface area contributed by atoms with Gasteiger partial charge in [0.1, 0.15) is 18.1 Å². The van der Waals surface area contributed by atoms with Crippen LogP contribution in [0.1, 0.15) is 5.56 Å². The molecule has 0 bridgehead atoms. The second-order valence-electron chi connectivity index (χ2n) is 6.10. The van der Waals surface area contributed by atoms with Crippen LogP contribution in [-0.2, 0) is 4.79 Å². The number of carboxylic acid groups (broad SMARTS) is 1. The minimum atomic E-state index is -4.85. The topological polar surface area (TPSA) is 120 Å². The van der Waals surface area contributed by atoms with E-state index < -0.39 is 24.6 Å². The molecule has 11 heteroatoms. The number of aliphatic carboxylic acids is 1. The number of carboxylic acids is 1. The van der Waals surface area contributed by atoms with Crippen molar-refractivity contribution in [2.24, 2.45) is 0 Å². The summed E-state index contributed by atoms with van der Waals surface area (Å²) in [4.78, 5) is 19.2. The Morgan fingerprint density at radius 1 is 1.13 bits per heavy atom. The maximum Gasteiger partial charge on any atom is 0.573 e. The summed E-state index contributed by atoms with van der Waals surface area (Å²) in [6, 6.07) is 15.2. The third-order valence-electron chi connectivity index (χ3n) is 3.75. The van der Waals surface area contributed by atoms with Gasteiger partial charge in [-0.05, 0) is 30.3 Å². The lowest BCUT2D eigenvalue weighted by atomic mass is 10.1. The van der Waals surface area contributed by atoms with E-state index in [1.165, 1.54) is 18.2 Å². The molecule has 0 spiro atoms. The van der Waals surface area contributed by atoms with E-state index in [-0.39, 0.29) is 23.0 Å². The summed E-state index contributed by atoms with van der Waals surface area (Å²) in [6.45, 7) is -0.468. The van der Waals surface area contributed by atoms with Gasteiger partial charge >= 0.3 is 12.3 Å². The van der Waals surface area contributed by atoms with Crippen LogP contribution in [0.5, 0.6) is 5.75 Å². The maximum atomic E-state index is 12.5. The van der Waals surface area contributed by atoms with Crippen LogP contribution in [0.2, 0.25) is 0 Å². The van der Waals surface area contributed by atoms with Gasteiger partial charge in [0, 0.05) is 17.3 Å². The van der Waals surface area contributed by atoms with Crippen molar-refractivity contribution in [3.8, 4) is 23.1 Å². The van der Waals surface area contributed by atoms with Gasteiger partial charge in [-0.25, -0.2) is 4.98 Å². The van der Waals surface area contributed by atoms with Gasteiger partial charge in [0.2, 0.25) is 5.95 Å². The first kappa shape index (κ1) is 21.4. The highest BCUT2D eigenvalue weighted by Gasteiger charge is 2.31. The minimum Gasteiger partial charge on any atom is -0.480 e. The Labute approximate surface area is 174 Å². The predicted octanol–water partition coefficient (Wildman–Crippen LogP) is 4.15. The minimum absolute atomic E-state index is 0.0546. The normalized spacial score (nSPS) is 10.8. The molecule has 0 aliphatic heterocycles. The molecule has 1 aromatic heterocycles. The number of rotatable bonds is 7. The molecule has 0 saturated carbocycles. The average molecular weight is 429 g/mol. The zero-order valence-corrected chi connectivity index (χ0v) is 15.6. The number of hydrogen-bond donors (Lipinski definition) is 3. The number of nitrogens with one attached hydrogen (secondary N) is 2. The van der Waals surface area contributed by atoms with Crippen molar-refractivity contribution >= 4 is 23.4 Å². The average Bonchev–Trinajstić information content (AvgIpc) is 2.71. The highest BCUT2D eigenvalue weighted by molar-refractivity contribution is 5.73. The van der Waals surface area contributed by atoms with Crippen LogP contribution >= 0.6 is 0 Å². The maximum absolute atomic E-state index is 12.5. The van der Waals surface area contributed by atoms with E-state index in [1.807, 2.05) is 6.07 Å². The number of aromatic nitrogens is 2. The lowest BCUT2D eigenvalue weighted by Gasteiger charge is -2.12. The fraction of sp³-hybridized carbons (Fsp3) is 0.100. The van der Waals surface area contributed by atoms with E-state index in [9.17, 15) is 18.0 Å². The molecule has 0 unspecified atom stereocenters. The highest BCUT2D eigenvalue weighted by atomic mass is 19.4. The first-order valence-electron chi connectivity index (χ1n) is 8.70. The van der Waals surface area contributed by atoms with Gasteiger partial charge in [0.15, 0.2) is 0 Å². The fourth-order valence-corrected chi connectivity index (χ4v) is 2.56. The Morgan fingerprint density at radius 3 is 2.61 bits per heavy atom. The molecule has 31 heavy (non-hydrogen) atoms. The lowest BCUT2D eigenvalue weighted by molar-refractivity contribution is -0.274. The van der Waals surface area contributed by atoms with Gasteiger partial charge in [-0.2, -0.15) is 10.2 Å². The molecule has 3 aromatic rings. The molecular weight excluding hydrogens is 415 g/mol. The lowest BCUT2D eigenvalue weighted by Crippen LogP contribution is -2.17. The van der Waals surface area contributed by atoms with Crippen molar-refractivity contribution in [1.29, 1.82) is 5.26 Å². The molecule has 0 amide bonds. The molecule has 8 nitrogen and oxygen atoms in total. The van der Waals surface area contributed by atoms with Crippen molar-refractivity contribution in [2.75, 3.05) is 17.2 Å². The monoisotopic (exact) mass is 429 g/mol. The zero-order chi connectivity index (χ0) is 22.4. The SMILES string of the molecule is N#Cc1cccc(Nc2cc(-c3cccc(OC(F)(F)F)c3)nc(NCC(=O)O)n2)c1. The van der Waals surface area contributed by atoms with E-state index in [0.717, 1.165) is 12.1 Å². The van der Waals surface area contributed by atoms with Crippen LogP contribution in [0.3, 0.4) is 0 Å². The van der Waals surface area contributed by atoms with Crippen LogP contribution in [0, 0.1) is 11.3 Å². The molecule has 0 fully saturated rings. The second-order valence-corrected chi connectivity index (χ2v) is 6.10. The number of alkyl halides is 3. The summed E-state index contributed by atoms with van der Waals surface area (Å²) in [5.74, 6) is -1.40. The number of ether oxygens (including phenoxy) is 1. The van der Waals surface area contributed by atoms with Gasteiger partial charge in [0.25, 0.3) is 0 Å². The van der Waals surface area contributed by atoms with Crippen molar-refractivity contribution in [3.05, 3.63) is 60.2 Å². The summed E-state index contributed by atoms with van der Waals surface area (Å²) in [7, 11) is 0. The van der Waals surface area contributed by atoms with E-state index in [0.29, 0.717) is 11.3 Å². The molecule has 0 aliphatic rings. The van der Waals surface area contributed by atoms with Crippen LogP contribution in [0.15, 0.2) is 54.6 Å². The van der Waals surface area contributed by atoms with E-state index in [1.54, 1.807) is 24.3 Å². The third kappa shape index (κ3) is 6.33. The summed E-state index contributed by atoms with van der Waals surface area (Å²) < 4.78 is 41.6. The van der Waals surface area contributed by atoms with Gasteiger partial charge in [0.05, 0.1) is 17.3 Å². The molecular formula is C20H14F3N5O3. The number of halogens is 3. The Bertz CT molecular complexity index is 1150. The van der Waals surface area contributed by atoms with Gasteiger partial charge in [-0.15, -0.1) is 13.2 Å². The quantitative estimate of drug-likeness (QED) is 0.512. The van der Waals surface area contributed by atoms with Crippen molar-refractivity contribution in [3.63, 3.8) is 0 Å². The number of carbonyl (C=O) groups is 1. The van der Waals surface area contributed by atoms with Crippen LogP contribution < -0.4 is 15.4 Å². The first-order chi connectivity index (χ1) is 14.7. The molecule has 3 N–H and O–H groups in total. The number of anilines is 3. The number of hydrogen-bond acceptors (Lipinski definition) is 7. The highest BCUT2D eigenvalue weighted by Crippen LogP contribution is 2.29. The van der Waals surface area contributed by atoms with Crippen LogP contribution in [0.4, 0.5) is 30.6 Å². The molecule has 0 radical (unpaired) electrons. The standard InChI is InChI=1S/C20H14F3N5O3/c21-20(22,23)31-15-6-2-4-13(8-15)16-9-17(28-19(27-16)25-11-18(29)30)26-14-5-1-3-12(7-14)10-24/h1-9H,11H2,(H,29,30)(H2,25,26,27,28). The largest absolute Gasteiger partial charge is 0.573 e. The van der Waals surface area contributed by atoms with E-state index in [2.05, 4.69) is 25.3 Å². The van der Waals surface area contributed by atoms with Gasteiger partial charge in [-0.3, -0.25) is 4.79 Å². The molecule has 2 aromatic carbocycles. The Morgan fingerprint density at radius 2 is 1.90 bits per heavy atom. The summed E-state index contributed by atoms with van der Waals surface area (Å²) in [6.07, 6.45) is -4.85. The summed E-state index contributed by atoms with van der Waals surface area (Å²) >= 11 is 0. The third-order valence-corrected chi connectivity index (χ3v) is 3.75. The number of benzene rings is 2. The predicted molar refractivity (Wildman–Crippen MR) is 105 cm³/mol. The fourth-order valence-electron chi connectivity index (χ4n) is 2.56. The molecule has 0 aliphatic carbocycles. The number of nitrogens with zero attached hydrogens (tertiary/aromatic N) is 3. The Balaban J connectivity index is 1.98. The summed E-state index contributed by atoms with van der Waals surface area (Å²) in [5.41, 5.74) is 1.44. The molecule has 0 saturated heterocycles. The Kier molecular flexibility index (Phi) is 6.21. The van der Waals surface area contributed by atoms with Crippen molar-refractivity contribution < 1.29 is 27.8 Å². The van der Waals surface area contributed by atoms with E-state index in [4.69, 9.17) is 10.4 Å². The second kappa shape index (κ2) is 9.00. The first-order valence-corrected chi connectivity index (χ1v) is 8.70.